The highest BCUT2D eigenvalue weighted by atomic mass is 16.5. The van der Waals surface area contributed by atoms with Crippen LogP contribution in [0.3, 0.4) is 0 Å². The van der Waals surface area contributed by atoms with Gasteiger partial charge in [-0.1, -0.05) is 25.1 Å². The number of hydrogen-bond acceptors (Lipinski definition) is 5. The molecule has 1 saturated heterocycles. The molecule has 1 aromatic rings. The summed E-state index contributed by atoms with van der Waals surface area (Å²) in [6, 6.07) is 8.36. The standard InChI is InChI=1S/C20H32N4O3/c1-15(19(25)27-4)13-22-20(21-2)23-14-17(24-11-7-8-12-24)16-9-5-6-10-18(16)26-3/h5-6,9-10,15,17H,7-8,11-14H2,1-4H3,(H2,21,22,23). The normalized spacial score (nSPS) is 17.3. The van der Waals surface area contributed by atoms with Gasteiger partial charge in [0.2, 0.25) is 0 Å². The Morgan fingerprint density at radius 3 is 2.48 bits per heavy atom. The lowest BCUT2D eigenvalue weighted by Gasteiger charge is -2.30. The van der Waals surface area contributed by atoms with Crippen molar-refractivity contribution in [2.24, 2.45) is 10.9 Å². The van der Waals surface area contributed by atoms with Gasteiger partial charge in [-0.2, -0.15) is 0 Å². The predicted octanol–water partition coefficient (Wildman–Crippen LogP) is 1.81. The molecule has 27 heavy (non-hydrogen) atoms. The first-order valence-electron chi connectivity index (χ1n) is 9.50. The fraction of sp³-hybridized carbons (Fsp3) is 0.600. The number of rotatable bonds is 8. The van der Waals surface area contributed by atoms with E-state index in [0.717, 1.165) is 18.8 Å². The van der Waals surface area contributed by atoms with Gasteiger partial charge in [0.25, 0.3) is 0 Å². The molecular formula is C20H32N4O3. The van der Waals surface area contributed by atoms with Crippen molar-refractivity contribution >= 4 is 11.9 Å². The monoisotopic (exact) mass is 376 g/mol. The molecule has 0 amide bonds. The van der Waals surface area contributed by atoms with Crippen LogP contribution in [0.25, 0.3) is 0 Å². The van der Waals surface area contributed by atoms with E-state index in [0.29, 0.717) is 19.0 Å². The summed E-state index contributed by atoms with van der Waals surface area (Å²) in [5.41, 5.74) is 1.17. The van der Waals surface area contributed by atoms with E-state index in [9.17, 15) is 4.79 Å². The molecule has 2 N–H and O–H groups in total. The lowest BCUT2D eigenvalue weighted by molar-refractivity contribution is -0.144. The minimum Gasteiger partial charge on any atom is -0.496 e. The topological polar surface area (TPSA) is 75.2 Å². The van der Waals surface area contributed by atoms with Gasteiger partial charge in [0, 0.05) is 25.7 Å². The van der Waals surface area contributed by atoms with E-state index in [1.165, 1.54) is 25.5 Å². The molecule has 1 aromatic carbocycles. The maximum atomic E-state index is 11.6. The maximum Gasteiger partial charge on any atom is 0.310 e. The number of para-hydroxylation sites is 1. The van der Waals surface area contributed by atoms with Gasteiger partial charge in [-0.3, -0.25) is 14.7 Å². The second-order valence-electron chi connectivity index (χ2n) is 6.76. The Balaban J connectivity index is 2.03. The molecule has 0 aliphatic carbocycles. The van der Waals surface area contributed by atoms with Crippen molar-refractivity contribution in [3.63, 3.8) is 0 Å². The summed E-state index contributed by atoms with van der Waals surface area (Å²) >= 11 is 0. The second-order valence-corrected chi connectivity index (χ2v) is 6.76. The molecule has 2 unspecified atom stereocenters. The first-order chi connectivity index (χ1) is 13.1. The number of esters is 1. The highest BCUT2D eigenvalue weighted by Crippen LogP contribution is 2.31. The third-order valence-electron chi connectivity index (χ3n) is 4.95. The van der Waals surface area contributed by atoms with Gasteiger partial charge in [-0.05, 0) is 32.0 Å². The van der Waals surface area contributed by atoms with Gasteiger partial charge in [-0.15, -0.1) is 0 Å². The Morgan fingerprint density at radius 2 is 1.85 bits per heavy atom. The molecule has 2 atom stereocenters. The summed E-state index contributed by atoms with van der Waals surface area (Å²) in [6.07, 6.45) is 2.44. The van der Waals surface area contributed by atoms with Crippen molar-refractivity contribution in [1.29, 1.82) is 0 Å². The van der Waals surface area contributed by atoms with Crippen LogP contribution in [0.4, 0.5) is 0 Å². The number of methoxy groups -OCH3 is 2. The van der Waals surface area contributed by atoms with Gasteiger partial charge in [0.15, 0.2) is 5.96 Å². The van der Waals surface area contributed by atoms with Crippen LogP contribution < -0.4 is 15.4 Å². The zero-order chi connectivity index (χ0) is 19.6. The van der Waals surface area contributed by atoms with E-state index in [2.05, 4.69) is 26.6 Å². The summed E-state index contributed by atoms with van der Waals surface area (Å²) in [4.78, 5) is 18.3. The minimum atomic E-state index is -0.239. The SMILES string of the molecule is CN=C(NCC(C)C(=O)OC)NCC(c1ccccc1OC)N1CCCC1. The molecule has 1 fully saturated rings. The predicted molar refractivity (Wildman–Crippen MR) is 107 cm³/mol. The number of carbonyl (C=O) groups is 1. The Hall–Kier alpha value is -2.28. The fourth-order valence-corrected chi connectivity index (χ4v) is 3.38. The van der Waals surface area contributed by atoms with Crippen LogP contribution in [-0.4, -0.2) is 64.3 Å². The van der Waals surface area contributed by atoms with Gasteiger partial charge >= 0.3 is 5.97 Å². The van der Waals surface area contributed by atoms with Crippen LogP contribution in [0.1, 0.15) is 31.4 Å². The van der Waals surface area contributed by atoms with Crippen molar-refractivity contribution in [2.75, 3.05) is 47.4 Å². The summed E-state index contributed by atoms with van der Waals surface area (Å²) in [7, 11) is 4.84. The van der Waals surface area contributed by atoms with Gasteiger partial charge in [-0.25, -0.2) is 0 Å². The molecule has 7 heteroatoms. The fourth-order valence-electron chi connectivity index (χ4n) is 3.38. The van der Waals surface area contributed by atoms with E-state index in [-0.39, 0.29) is 17.9 Å². The van der Waals surface area contributed by atoms with Crippen molar-refractivity contribution in [3.05, 3.63) is 29.8 Å². The number of nitrogens with zero attached hydrogens (tertiary/aromatic N) is 2. The summed E-state index contributed by atoms with van der Waals surface area (Å²) in [6.45, 7) is 5.15. The van der Waals surface area contributed by atoms with E-state index in [4.69, 9.17) is 9.47 Å². The number of aliphatic imine (C=N–C) groups is 1. The van der Waals surface area contributed by atoms with Crippen molar-refractivity contribution in [1.82, 2.24) is 15.5 Å². The van der Waals surface area contributed by atoms with E-state index < -0.39 is 0 Å². The Bertz CT molecular complexity index is 629. The average Bonchev–Trinajstić information content (AvgIpc) is 3.24. The van der Waals surface area contributed by atoms with Crippen LogP contribution >= 0.6 is 0 Å². The number of guanidine groups is 1. The first-order valence-corrected chi connectivity index (χ1v) is 9.50. The molecule has 1 aliphatic heterocycles. The number of benzene rings is 1. The molecule has 0 aromatic heterocycles. The van der Waals surface area contributed by atoms with Crippen molar-refractivity contribution < 1.29 is 14.3 Å². The van der Waals surface area contributed by atoms with Crippen molar-refractivity contribution in [2.45, 2.75) is 25.8 Å². The van der Waals surface area contributed by atoms with Crippen LogP contribution in [-0.2, 0) is 9.53 Å². The average molecular weight is 377 g/mol. The first kappa shape index (κ1) is 21.0. The summed E-state index contributed by atoms with van der Waals surface area (Å²) < 4.78 is 10.4. The maximum absolute atomic E-state index is 11.6. The summed E-state index contributed by atoms with van der Waals surface area (Å²) in [5, 5.41) is 6.60. The molecule has 0 radical (unpaired) electrons. The zero-order valence-corrected chi connectivity index (χ0v) is 16.8. The molecule has 150 valence electrons. The Labute approximate surface area is 162 Å². The number of hydrogen-bond donors (Lipinski definition) is 2. The largest absolute Gasteiger partial charge is 0.496 e. The minimum absolute atomic E-state index is 0.195. The van der Waals surface area contributed by atoms with E-state index >= 15 is 0 Å². The quantitative estimate of drug-likeness (QED) is 0.409. The third kappa shape index (κ3) is 5.85. The number of nitrogens with one attached hydrogen (secondary N) is 2. The molecule has 0 saturated carbocycles. The van der Waals surface area contributed by atoms with Crippen LogP contribution in [0.2, 0.25) is 0 Å². The lowest BCUT2D eigenvalue weighted by atomic mass is 10.0. The molecule has 1 heterocycles. The molecule has 0 bridgehead atoms. The second kappa shape index (κ2) is 10.8. The smallest absolute Gasteiger partial charge is 0.310 e. The van der Waals surface area contributed by atoms with Crippen LogP contribution in [0, 0.1) is 5.92 Å². The Morgan fingerprint density at radius 1 is 1.19 bits per heavy atom. The molecule has 1 aliphatic rings. The highest BCUT2D eigenvalue weighted by molar-refractivity contribution is 5.80. The van der Waals surface area contributed by atoms with Gasteiger partial charge in [0.05, 0.1) is 26.2 Å². The summed E-state index contributed by atoms with van der Waals surface area (Å²) in [5.74, 6) is 1.10. The number of ether oxygens (including phenoxy) is 2. The van der Waals surface area contributed by atoms with E-state index in [1.807, 2.05) is 25.1 Å². The molecule has 2 rings (SSSR count). The van der Waals surface area contributed by atoms with Gasteiger partial charge in [0.1, 0.15) is 5.75 Å². The van der Waals surface area contributed by atoms with E-state index in [1.54, 1.807) is 14.2 Å². The lowest BCUT2D eigenvalue weighted by Crippen LogP contribution is -2.44. The van der Waals surface area contributed by atoms with Crippen LogP contribution in [0.15, 0.2) is 29.3 Å². The zero-order valence-electron chi connectivity index (χ0n) is 16.8. The number of likely N-dealkylation sites (tertiary alicyclic amines) is 1. The molecular weight excluding hydrogens is 344 g/mol. The van der Waals surface area contributed by atoms with Crippen LogP contribution in [0.5, 0.6) is 5.75 Å². The molecule has 7 nitrogen and oxygen atoms in total. The van der Waals surface area contributed by atoms with Gasteiger partial charge < -0.3 is 20.1 Å². The third-order valence-corrected chi connectivity index (χ3v) is 4.95. The van der Waals surface area contributed by atoms with Crippen molar-refractivity contribution in [3.8, 4) is 5.75 Å². The highest BCUT2D eigenvalue weighted by Gasteiger charge is 2.26. The molecule has 0 spiro atoms. The number of carbonyl (C=O) groups excluding carboxylic acids is 1. The Kier molecular flexibility index (Phi) is 8.39.